The second-order valence-electron chi connectivity index (χ2n) is 4.27. The van der Waals surface area contributed by atoms with E-state index in [0.29, 0.717) is 18.3 Å². The van der Waals surface area contributed by atoms with E-state index in [9.17, 15) is 10.1 Å². The van der Waals surface area contributed by atoms with Crippen molar-refractivity contribution in [2.75, 3.05) is 23.8 Å². The van der Waals surface area contributed by atoms with Crippen LogP contribution in [-0.4, -0.2) is 34.5 Å². The van der Waals surface area contributed by atoms with E-state index in [0.717, 1.165) is 12.8 Å². The molecule has 0 aromatic carbocycles. The lowest BCUT2D eigenvalue weighted by Gasteiger charge is -2.26. The summed E-state index contributed by atoms with van der Waals surface area (Å²) in [6.07, 6.45) is 3.08. The van der Waals surface area contributed by atoms with Gasteiger partial charge in [0.15, 0.2) is 0 Å². The summed E-state index contributed by atoms with van der Waals surface area (Å²) >= 11 is 0. The summed E-state index contributed by atoms with van der Waals surface area (Å²) in [5, 5.41) is 14.0. The molecule has 0 saturated heterocycles. The van der Waals surface area contributed by atoms with Gasteiger partial charge >= 0.3 is 5.69 Å². The normalized spacial score (nSPS) is 10.6. The van der Waals surface area contributed by atoms with Crippen molar-refractivity contribution in [3.8, 4) is 0 Å². The Bertz CT molecular complexity index is 434. The molecule has 0 aliphatic carbocycles. The molecule has 1 heterocycles. The molecule has 0 saturated carbocycles. The number of hydrogen-bond donors (Lipinski definition) is 1. The van der Waals surface area contributed by atoms with Gasteiger partial charge in [0.05, 0.1) is 4.92 Å². The van der Waals surface area contributed by atoms with Crippen molar-refractivity contribution in [1.29, 1.82) is 0 Å². The maximum Gasteiger partial charge on any atom is 0.329 e. The van der Waals surface area contributed by atoms with Gasteiger partial charge in [0.1, 0.15) is 6.20 Å². The van der Waals surface area contributed by atoms with Crippen LogP contribution in [0, 0.1) is 10.1 Å². The molecule has 0 fully saturated rings. The largest absolute Gasteiger partial charge is 0.354 e. The minimum atomic E-state index is -0.441. The zero-order chi connectivity index (χ0) is 14.4. The maximum absolute atomic E-state index is 11.1. The first kappa shape index (κ1) is 15.1. The highest BCUT2D eigenvalue weighted by molar-refractivity contribution is 5.59. The molecule has 1 rings (SSSR count). The van der Waals surface area contributed by atoms with E-state index in [1.165, 1.54) is 6.20 Å². The topological polar surface area (TPSA) is 84.2 Å². The number of aromatic nitrogens is 2. The standard InChI is InChI=1S/C12H21N5O2/c1-5-9(6-2)16(4)11-10(17(18)19)8-14-12(15-11)13-7-3/h8-9H,5-7H2,1-4H3,(H,13,14,15). The molecule has 1 N–H and O–H groups in total. The summed E-state index contributed by atoms with van der Waals surface area (Å²) in [6, 6.07) is 0.225. The van der Waals surface area contributed by atoms with Gasteiger partial charge in [0.25, 0.3) is 0 Å². The van der Waals surface area contributed by atoms with Crippen molar-refractivity contribution in [1.82, 2.24) is 9.97 Å². The first-order valence-electron chi connectivity index (χ1n) is 6.53. The Kier molecular flexibility index (Phi) is 5.47. The SMILES string of the molecule is CCNc1ncc([N+](=O)[O-])c(N(C)C(CC)CC)n1. The van der Waals surface area contributed by atoms with Crippen LogP contribution in [-0.2, 0) is 0 Å². The third-order valence-corrected chi connectivity index (χ3v) is 3.11. The molecule has 106 valence electrons. The second kappa shape index (κ2) is 6.86. The smallest absolute Gasteiger partial charge is 0.329 e. The molecule has 0 radical (unpaired) electrons. The third kappa shape index (κ3) is 3.52. The van der Waals surface area contributed by atoms with Crippen molar-refractivity contribution in [2.45, 2.75) is 39.7 Å². The van der Waals surface area contributed by atoms with E-state index in [4.69, 9.17) is 0 Å². The van der Waals surface area contributed by atoms with E-state index in [1.807, 2.05) is 18.9 Å². The van der Waals surface area contributed by atoms with Crippen LogP contribution in [0.2, 0.25) is 0 Å². The van der Waals surface area contributed by atoms with Gasteiger partial charge in [0.2, 0.25) is 11.8 Å². The van der Waals surface area contributed by atoms with E-state index >= 15 is 0 Å². The van der Waals surface area contributed by atoms with Crippen molar-refractivity contribution in [2.24, 2.45) is 0 Å². The lowest BCUT2D eigenvalue weighted by atomic mass is 10.1. The zero-order valence-corrected chi connectivity index (χ0v) is 11.9. The van der Waals surface area contributed by atoms with E-state index in [-0.39, 0.29) is 11.7 Å². The van der Waals surface area contributed by atoms with Crippen LogP contribution >= 0.6 is 0 Å². The number of anilines is 2. The first-order valence-corrected chi connectivity index (χ1v) is 6.53. The van der Waals surface area contributed by atoms with Gasteiger partial charge < -0.3 is 10.2 Å². The Hall–Kier alpha value is -1.92. The Morgan fingerprint density at radius 3 is 2.53 bits per heavy atom. The van der Waals surface area contributed by atoms with Crippen LogP contribution in [0.4, 0.5) is 17.5 Å². The van der Waals surface area contributed by atoms with E-state index in [1.54, 1.807) is 0 Å². The predicted octanol–water partition coefficient (Wildman–Crippen LogP) is 2.44. The molecular weight excluding hydrogens is 246 g/mol. The van der Waals surface area contributed by atoms with Gasteiger partial charge in [-0.3, -0.25) is 10.1 Å². The van der Waals surface area contributed by atoms with Gasteiger partial charge in [-0.1, -0.05) is 13.8 Å². The van der Waals surface area contributed by atoms with Gasteiger partial charge in [-0.15, -0.1) is 0 Å². The highest BCUT2D eigenvalue weighted by Crippen LogP contribution is 2.27. The summed E-state index contributed by atoms with van der Waals surface area (Å²) in [6.45, 7) is 6.72. The van der Waals surface area contributed by atoms with Gasteiger partial charge in [0, 0.05) is 19.6 Å². The number of nitrogens with zero attached hydrogens (tertiary/aromatic N) is 4. The van der Waals surface area contributed by atoms with Crippen LogP contribution in [0.1, 0.15) is 33.6 Å². The molecule has 0 aliphatic rings. The minimum Gasteiger partial charge on any atom is -0.354 e. The van der Waals surface area contributed by atoms with Crippen molar-refractivity contribution < 1.29 is 4.92 Å². The quantitative estimate of drug-likeness (QED) is 0.603. The summed E-state index contributed by atoms with van der Waals surface area (Å²) in [7, 11) is 1.84. The second-order valence-corrected chi connectivity index (χ2v) is 4.27. The monoisotopic (exact) mass is 267 g/mol. The number of rotatable bonds is 7. The first-order chi connectivity index (χ1) is 9.04. The fourth-order valence-electron chi connectivity index (χ4n) is 2.01. The van der Waals surface area contributed by atoms with Crippen LogP contribution in [0.15, 0.2) is 6.20 Å². The number of nitrogens with one attached hydrogen (secondary N) is 1. The highest BCUT2D eigenvalue weighted by atomic mass is 16.6. The number of hydrogen-bond acceptors (Lipinski definition) is 6. The molecule has 0 aliphatic heterocycles. The predicted molar refractivity (Wildman–Crippen MR) is 75.6 cm³/mol. The molecule has 0 bridgehead atoms. The molecule has 1 aromatic rings. The molecule has 0 unspecified atom stereocenters. The molecule has 1 aromatic heterocycles. The van der Waals surface area contributed by atoms with Gasteiger partial charge in [-0.2, -0.15) is 4.98 Å². The summed E-state index contributed by atoms with van der Waals surface area (Å²) in [5.41, 5.74) is -0.0592. The van der Waals surface area contributed by atoms with Crippen molar-refractivity contribution >= 4 is 17.5 Å². The Balaban J connectivity index is 3.19. The maximum atomic E-state index is 11.1. The Morgan fingerprint density at radius 1 is 1.42 bits per heavy atom. The van der Waals surface area contributed by atoms with Crippen LogP contribution in [0.3, 0.4) is 0 Å². The average Bonchev–Trinajstić information content (AvgIpc) is 2.40. The molecule has 0 amide bonds. The van der Waals surface area contributed by atoms with Crippen LogP contribution < -0.4 is 10.2 Å². The average molecular weight is 267 g/mol. The fraction of sp³-hybridized carbons (Fsp3) is 0.667. The van der Waals surface area contributed by atoms with Gasteiger partial charge in [-0.05, 0) is 19.8 Å². The fourth-order valence-corrected chi connectivity index (χ4v) is 2.01. The highest BCUT2D eigenvalue weighted by Gasteiger charge is 2.24. The Morgan fingerprint density at radius 2 is 2.05 bits per heavy atom. The van der Waals surface area contributed by atoms with Crippen molar-refractivity contribution in [3.63, 3.8) is 0 Å². The lowest BCUT2D eigenvalue weighted by Crippen LogP contribution is -2.32. The summed E-state index contributed by atoms with van der Waals surface area (Å²) < 4.78 is 0. The summed E-state index contributed by atoms with van der Waals surface area (Å²) in [5.74, 6) is 0.783. The summed E-state index contributed by atoms with van der Waals surface area (Å²) in [4.78, 5) is 20.7. The third-order valence-electron chi connectivity index (χ3n) is 3.11. The van der Waals surface area contributed by atoms with Crippen LogP contribution in [0.25, 0.3) is 0 Å². The van der Waals surface area contributed by atoms with Crippen molar-refractivity contribution in [3.05, 3.63) is 16.3 Å². The lowest BCUT2D eigenvalue weighted by molar-refractivity contribution is -0.384. The zero-order valence-electron chi connectivity index (χ0n) is 11.9. The molecule has 19 heavy (non-hydrogen) atoms. The minimum absolute atomic E-state index is 0.0592. The molecule has 0 atom stereocenters. The van der Waals surface area contributed by atoms with Crippen LogP contribution in [0.5, 0.6) is 0 Å². The van der Waals surface area contributed by atoms with E-state index < -0.39 is 4.92 Å². The molecular formula is C12H21N5O2. The Labute approximate surface area is 113 Å². The molecule has 0 spiro atoms. The van der Waals surface area contributed by atoms with E-state index in [2.05, 4.69) is 29.1 Å². The number of nitro groups is 1. The molecule has 7 nitrogen and oxygen atoms in total. The molecule has 7 heteroatoms. The van der Waals surface area contributed by atoms with Gasteiger partial charge in [-0.25, -0.2) is 4.98 Å².